The summed E-state index contributed by atoms with van der Waals surface area (Å²) in [4.78, 5) is 26.8. The van der Waals surface area contributed by atoms with Crippen LogP contribution in [0.4, 0.5) is 5.82 Å². The molecule has 1 aromatic carbocycles. The Morgan fingerprint density at radius 2 is 1.86 bits per heavy atom. The number of hydrogen-bond acceptors (Lipinski definition) is 4. The molecule has 2 rings (SSSR count). The molecule has 0 atom stereocenters. The fourth-order valence-electron chi connectivity index (χ4n) is 2.28. The number of ketones is 1. The lowest BCUT2D eigenvalue weighted by molar-refractivity contribution is 0.0696. The minimum absolute atomic E-state index is 0.0214. The molecule has 2 N–H and O–H groups in total. The number of carboxylic acids is 1. The van der Waals surface area contributed by atoms with Crippen LogP contribution in [0.25, 0.3) is 0 Å². The molecule has 0 saturated heterocycles. The first-order chi connectivity index (χ1) is 10.5. The van der Waals surface area contributed by atoms with Gasteiger partial charge < -0.3 is 10.4 Å². The van der Waals surface area contributed by atoms with E-state index in [0.29, 0.717) is 24.3 Å². The number of pyridine rings is 1. The summed E-state index contributed by atoms with van der Waals surface area (Å²) in [7, 11) is 0. The van der Waals surface area contributed by atoms with Crippen LogP contribution >= 0.6 is 0 Å². The summed E-state index contributed by atoms with van der Waals surface area (Å²) in [5, 5.41) is 12.1. The fraction of sp³-hybridized carbons (Fsp3) is 0.235. The lowest BCUT2D eigenvalue weighted by atomic mass is 10.0. The molecule has 1 heterocycles. The number of carbonyl (C=O) groups excluding carboxylic acids is 1. The van der Waals surface area contributed by atoms with Gasteiger partial charge in [-0.2, -0.15) is 0 Å². The van der Waals surface area contributed by atoms with Crippen molar-refractivity contribution in [2.24, 2.45) is 0 Å². The van der Waals surface area contributed by atoms with Crippen LogP contribution < -0.4 is 5.32 Å². The maximum atomic E-state index is 11.6. The number of nitrogens with zero attached hydrogens (tertiary/aromatic N) is 1. The molecule has 114 valence electrons. The Bertz CT molecular complexity index is 694. The Hall–Kier alpha value is -2.69. The predicted molar refractivity (Wildman–Crippen MR) is 84.3 cm³/mol. The molecule has 5 nitrogen and oxygen atoms in total. The van der Waals surface area contributed by atoms with Crippen molar-refractivity contribution in [2.75, 3.05) is 5.32 Å². The number of nitrogens with one attached hydrogen (secondary N) is 1. The number of benzene rings is 1. The summed E-state index contributed by atoms with van der Waals surface area (Å²) in [5.41, 5.74) is 2.79. The van der Waals surface area contributed by atoms with E-state index in [9.17, 15) is 9.59 Å². The van der Waals surface area contributed by atoms with Gasteiger partial charge in [-0.1, -0.05) is 19.1 Å². The first kappa shape index (κ1) is 15.7. The molecule has 0 fully saturated rings. The van der Waals surface area contributed by atoms with E-state index in [1.165, 1.54) is 0 Å². The summed E-state index contributed by atoms with van der Waals surface area (Å²) in [6, 6.07) is 8.39. The zero-order valence-electron chi connectivity index (χ0n) is 12.6. The van der Waals surface area contributed by atoms with Crippen LogP contribution in [0, 0.1) is 0 Å². The summed E-state index contributed by atoms with van der Waals surface area (Å²) in [6.45, 7) is 4.04. The van der Waals surface area contributed by atoms with Crippen LogP contribution in [0.3, 0.4) is 0 Å². The van der Waals surface area contributed by atoms with E-state index in [1.807, 2.05) is 6.92 Å². The Kier molecular flexibility index (Phi) is 4.88. The molecule has 5 heteroatoms. The maximum absolute atomic E-state index is 11.6. The van der Waals surface area contributed by atoms with Crippen molar-refractivity contribution in [3.8, 4) is 0 Å². The minimum Gasteiger partial charge on any atom is -0.478 e. The van der Waals surface area contributed by atoms with Crippen LogP contribution in [-0.2, 0) is 13.0 Å². The fourth-order valence-corrected chi connectivity index (χ4v) is 2.28. The molecule has 0 spiro atoms. The maximum Gasteiger partial charge on any atom is 0.335 e. The van der Waals surface area contributed by atoms with Gasteiger partial charge in [0.2, 0.25) is 0 Å². The molecule has 22 heavy (non-hydrogen) atoms. The highest BCUT2D eigenvalue weighted by atomic mass is 16.4. The second kappa shape index (κ2) is 6.85. The third kappa shape index (κ3) is 3.49. The molecular weight excluding hydrogens is 280 g/mol. The minimum atomic E-state index is -0.941. The molecule has 0 saturated carbocycles. The lowest BCUT2D eigenvalue weighted by Crippen LogP contribution is -2.08. The molecule has 0 aliphatic carbocycles. The number of aromatic carboxylic acids is 1. The van der Waals surface area contributed by atoms with Gasteiger partial charge in [0, 0.05) is 23.9 Å². The van der Waals surface area contributed by atoms with Crippen LogP contribution in [0.5, 0.6) is 0 Å². The number of Topliss-reactive ketones (excluding diaryl/α,β-unsaturated/α-hetero) is 1. The van der Waals surface area contributed by atoms with Gasteiger partial charge in [-0.15, -0.1) is 0 Å². The third-order valence-corrected chi connectivity index (χ3v) is 3.45. The molecule has 0 unspecified atom stereocenters. The molecule has 1 aromatic heterocycles. The highest BCUT2D eigenvalue weighted by Crippen LogP contribution is 2.19. The van der Waals surface area contributed by atoms with Crippen molar-refractivity contribution in [2.45, 2.75) is 26.8 Å². The molecule has 0 aliphatic heterocycles. The van der Waals surface area contributed by atoms with Gasteiger partial charge in [-0.3, -0.25) is 4.79 Å². The van der Waals surface area contributed by atoms with Gasteiger partial charge in [-0.25, -0.2) is 9.78 Å². The number of rotatable bonds is 6. The topological polar surface area (TPSA) is 79.3 Å². The number of anilines is 1. The monoisotopic (exact) mass is 298 g/mol. The Balaban J connectivity index is 2.16. The number of hydrogen-bond donors (Lipinski definition) is 2. The van der Waals surface area contributed by atoms with Gasteiger partial charge in [0.1, 0.15) is 5.82 Å². The van der Waals surface area contributed by atoms with E-state index in [2.05, 4.69) is 10.3 Å². The van der Waals surface area contributed by atoms with Crippen LogP contribution in [0.2, 0.25) is 0 Å². The van der Waals surface area contributed by atoms with Gasteiger partial charge in [0.25, 0.3) is 0 Å². The Morgan fingerprint density at radius 1 is 1.18 bits per heavy atom. The van der Waals surface area contributed by atoms with Crippen molar-refractivity contribution in [3.05, 3.63) is 58.8 Å². The normalized spacial score (nSPS) is 10.3. The Morgan fingerprint density at radius 3 is 2.41 bits per heavy atom. The zero-order valence-corrected chi connectivity index (χ0v) is 12.6. The number of carboxylic acid groups (broad SMARTS) is 1. The van der Waals surface area contributed by atoms with Crippen LogP contribution in [0.1, 0.15) is 45.7 Å². The Labute approximate surface area is 129 Å². The molecule has 2 aromatic rings. The first-order valence-corrected chi connectivity index (χ1v) is 7.07. The third-order valence-electron chi connectivity index (χ3n) is 3.45. The van der Waals surface area contributed by atoms with E-state index in [1.54, 1.807) is 43.5 Å². The zero-order chi connectivity index (χ0) is 16.1. The molecule has 0 bridgehead atoms. The van der Waals surface area contributed by atoms with Gasteiger partial charge >= 0.3 is 5.97 Å². The second-order valence-electron chi connectivity index (χ2n) is 4.95. The second-order valence-corrected chi connectivity index (χ2v) is 4.95. The van der Waals surface area contributed by atoms with Crippen LogP contribution in [0.15, 0.2) is 36.5 Å². The molecule has 0 aliphatic rings. The van der Waals surface area contributed by atoms with E-state index in [-0.39, 0.29) is 11.3 Å². The van der Waals surface area contributed by atoms with Gasteiger partial charge in [-0.05, 0) is 37.1 Å². The molecule has 0 amide bonds. The number of carbonyl (C=O) groups is 2. The van der Waals surface area contributed by atoms with E-state index in [4.69, 9.17) is 5.11 Å². The highest BCUT2D eigenvalue weighted by Gasteiger charge is 2.11. The van der Waals surface area contributed by atoms with Crippen molar-refractivity contribution in [3.63, 3.8) is 0 Å². The van der Waals surface area contributed by atoms with Gasteiger partial charge in [0.05, 0.1) is 5.56 Å². The smallest absolute Gasteiger partial charge is 0.335 e. The largest absolute Gasteiger partial charge is 0.478 e. The van der Waals surface area contributed by atoms with E-state index >= 15 is 0 Å². The van der Waals surface area contributed by atoms with Crippen molar-refractivity contribution in [1.29, 1.82) is 0 Å². The average molecular weight is 298 g/mol. The molecule has 0 radical (unpaired) electrons. The van der Waals surface area contributed by atoms with E-state index in [0.717, 1.165) is 11.1 Å². The summed E-state index contributed by atoms with van der Waals surface area (Å²) in [5.74, 6) is -0.228. The quantitative estimate of drug-likeness (QED) is 0.801. The number of aromatic nitrogens is 1. The predicted octanol–water partition coefficient (Wildman–Crippen LogP) is 3.16. The lowest BCUT2D eigenvalue weighted by Gasteiger charge is -2.12. The standard InChI is InChI=1S/C17H18N2O3/c1-3-14-15(11(2)20)8-9-18-16(14)19-10-12-4-6-13(7-5-12)17(21)22/h4-9H,3,10H2,1-2H3,(H,18,19)(H,21,22). The van der Waals surface area contributed by atoms with Crippen molar-refractivity contribution < 1.29 is 14.7 Å². The van der Waals surface area contributed by atoms with Crippen molar-refractivity contribution in [1.82, 2.24) is 4.98 Å². The van der Waals surface area contributed by atoms with Gasteiger partial charge in [0.15, 0.2) is 5.78 Å². The first-order valence-electron chi connectivity index (χ1n) is 7.07. The van der Waals surface area contributed by atoms with E-state index < -0.39 is 5.97 Å². The summed E-state index contributed by atoms with van der Waals surface area (Å²) >= 11 is 0. The average Bonchev–Trinajstić information content (AvgIpc) is 2.52. The summed E-state index contributed by atoms with van der Waals surface area (Å²) < 4.78 is 0. The molecular formula is C17H18N2O3. The summed E-state index contributed by atoms with van der Waals surface area (Å²) in [6.07, 6.45) is 2.33. The highest BCUT2D eigenvalue weighted by molar-refractivity contribution is 5.96. The SMILES string of the molecule is CCc1c(C(C)=O)ccnc1NCc1ccc(C(=O)O)cc1. The van der Waals surface area contributed by atoms with Crippen molar-refractivity contribution >= 4 is 17.6 Å². The van der Waals surface area contributed by atoms with Crippen LogP contribution in [-0.4, -0.2) is 21.8 Å².